The highest BCUT2D eigenvalue weighted by atomic mass is 19.4. The fraction of sp³-hybridized carbons (Fsp3) is 0.519. The molecule has 0 bridgehead atoms. The van der Waals surface area contributed by atoms with E-state index in [-0.39, 0.29) is 6.03 Å². The first kappa shape index (κ1) is 28.2. The lowest BCUT2D eigenvalue weighted by molar-refractivity contribution is -0.376. The number of alkyl halides is 6. The molecule has 5 nitrogen and oxygen atoms in total. The molecule has 0 radical (unpaired) electrons. The van der Waals surface area contributed by atoms with E-state index in [4.69, 9.17) is 0 Å². The van der Waals surface area contributed by atoms with E-state index in [9.17, 15) is 36.2 Å². The topological polar surface area (TPSA) is 64.6 Å². The van der Waals surface area contributed by atoms with Gasteiger partial charge in [-0.2, -0.15) is 26.3 Å². The number of rotatable bonds is 8. The Morgan fingerprint density at radius 3 is 1.89 bits per heavy atom. The third-order valence-electron chi connectivity index (χ3n) is 7.29. The Morgan fingerprint density at radius 2 is 1.37 bits per heavy atom. The van der Waals surface area contributed by atoms with Crippen LogP contribution < -0.4 is 10.6 Å². The molecule has 0 unspecified atom stereocenters. The van der Waals surface area contributed by atoms with Gasteiger partial charge < -0.3 is 15.7 Å². The minimum absolute atomic E-state index is 0.206. The van der Waals surface area contributed by atoms with Gasteiger partial charge in [-0.05, 0) is 80.3 Å². The maximum atomic E-state index is 13.1. The molecule has 1 aliphatic carbocycles. The molecule has 4 rings (SSSR count). The molecular weight excluding hydrogens is 512 g/mol. The van der Waals surface area contributed by atoms with Crippen LogP contribution in [0.5, 0.6) is 0 Å². The lowest BCUT2D eigenvalue weighted by Gasteiger charge is -2.33. The van der Waals surface area contributed by atoms with Gasteiger partial charge in [0.2, 0.25) is 0 Å². The van der Waals surface area contributed by atoms with Crippen molar-refractivity contribution in [2.75, 3.05) is 25.0 Å². The number of likely N-dealkylation sites (tertiary alicyclic amines) is 1. The molecule has 11 heteroatoms. The van der Waals surface area contributed by atoms with Gasteiger partial charge in [-0.1, -0.05) is 36.4 Å². The highest BCUT2D eigenvalue weighted by molar-refractivity contribution is 5.89. The molecule has 0 spiro atoms. The van der Waals surface area contributed by atoms with Crippen LogP contribution in [0.15, 0.2) is 48.5 Å². The van der Waals surface area contributed by atoms with Crippen molar-refractivity contribution < 1.29 is 36.2 Å². The molecule has 1 heterocycles. The number of urea groups is 1. The van der Waals surface area contributed by atoms with Gasteiger partial charge in [-0.15, -0.1) is 0 Å². The number of anilines is 1. The Labute approximate surface area is 217 Å². The second-order valence-electron chi connectivity index (χ2n) is 10.3. The van der Waals surface area contributed by atoms with Gasteiger partial charge in [0.15, 0.2) is 0 Å². The number of hydrogen-bond donors (Lipinski definition) is 3. The number of carbonyl (C=O) groups excluding carboxylic acids is 1. The summed E-state index contributed by atoms with van der Waals surface area (Å²) >= 11 is 0. The number of piperidine rings is 1. The van der Waals surface area contributed by atoms with Crippen LogP contribution in [-0.2, 0) is 18.6 Å². The third kappa shape index (κ3) is 6.79. The number of nitrogens with one attached hydrogen (secondary N) is 2. The van der Waals surface area contributed by atoms with Crippen molar-refractivity contribution in [2.24, 2.45) is 11.8 Å². The fourth-order valence-corrected chi connectivity index (χ4v) is 4.74. The van der Waals surface area contributed by atoms with Gasteiger partial charge in [0, 0.05) is 24.3 Å². The van der Waals surface area contributed by atoms with Gasteiger partial charge in [0.25, 0.3) is 5.60 Å². The van der Waals surface area contributed by atoms with E-state index in [0.717, 1.165) is 43.6 Å². The van der Waals surface area contributed by atoms with Crippen LogP contribution in [0.1, 0.15) is 42.4 Å². The highest BCUT2D eigenvalue weighted by Crippen LogP contribution is 2.50. The van der Waals surface area contributed by atoms with E-state index in [1.54, 1.807) is 0 Å². The zero-order valence-electron chi connectivity index (χ0n) is 20.7. The van der Waals surface area contributed by atoms with E-state index in [2.05, 4.69) is 15.5 Å². The summed E-state index contributed by atoms with van der Waals surface area (Å²) in [6.07, 6.45) is -6.76. The fourth-order valence-electron chi connectivity index (χ4n) is 4.74. The summed E-state index contributed by atoms with van der Waals surface area (Å²) in [7, 11) is 0. The lowest BCUT2D eigenvalue weighted by Crippen LogP contribution is -2.53. The smallest absolute Gasteiger partial charge is 0.369 e. The molecule has 1 saturated carbocycles. The predicted octanol–water partition coefficient (Wildman–Crippen LogP) is 5.99. The van der Waals surface area contributed by atoms with Crippen molar-refractivity contribution in [2.45, 2.75) is 56.6 Å². The van der Waals surface area contributed by atoms with Crippen LogP contribution >= 0.6 is 0 Å². The summed E-state index contributed by atoms with van der Waals surface area (Å²) in [5.74, 6) is 1.06. The molecule has 208 valence electrons. The van der Waals surface area contributed by atoms with Gasteiger partial charge in [0.05, 0.1) is 0 Å². The second kappa shape index (κ2) is 11.1. The highest BCUT2D eigenvalue weighted by Gasteiger charge is 2.71. The van der Waals surface area contributed by atoms with Gasteiger partial charge in [-0.3, -0.25) is 4.90 Å². The molecule has 2 amide bonds. The van der Waals surface area contributed by atoms with Crippen molar-refractivity contribution in [1.29, 1.82) is 0 Å². The number of hydrogen-bond acceptors (Lipinski definition) is 3. The largest absolute Gasteiger partial charge is 0.430 e. The summed E-state index contributed by atoms with van der Waals surface area (Å²) in [6, 6.07) is 11.3. The van der Waals surface area contributed by atoms with Gasteiger partial charge in [-0.25, -0.2) is 4.79 Å². The molecule has 3 N–H and O–H groups in total. The predicted molar refractivity (Wildman–Crippen MR) is 130 cm³/mol. The molecule has 2 aromatic rings. The maximum absolute atomic E-state index is 13.1. The molecule has 0 aromatic heterocycles. The molecule has 38 heavy (non-hydrogen) atoms. The Morgan fingerprint density at radius 1 is 0.816 bits per heavy atom. The summed E-state index contributed by atoms with van der Waals surface area (Å²) in [4.78, 5) is 14.0. The van der Waals surface area contributed by atoms with Crippen LogP contribution in [0.25, 0.3) is 0 Å². The van der Waals surface area contributed by atoms with Crippen LogP contribution in [0.2, 0.25) is 0 Å². The minimum atomic E-state index is -5.89. The van der Waals surface area contributed by atoms with Crippen molar-refractivity contribution in [3.63, 3.8) is 0 Å². The monoisotopic (exact) mass is 543 g/mol. The molecule has 1 saturated heterocycles. The first-order chi connectivity index (χ1) is 17.8. The molecule has 0 atom stereocenters. The summed E-state index contributed by atoms with van der Waals surface area (Å²) in [5, 5.41) is 15.2. The molecule has 2 fully saturated rings. The van der Waals surface area contributed by atoms with E-state index in [1.807, 2.05) is 24.3 Å². The molecule has 2 aromatic carbocycles. The van der Waals surface area contributed by atoms with E-state index >= 15 is 0 Å². The molecule has 1 aliphatic heterocycles. The number of nitrogens with zero attached hydrogens (tertiary/aromatic N) is 1. The van der Waals surface area contributed by atoms with Crippen molar-refractivity contribution in [3.05, 3.63) is 65.2 Å². The van der Waals surface area contributed by atoms with Crippen molar-refractivity contribution in [1.82, 2.24) is 10.2 Å². The number of benzene rings is 2. The summed E-state index contributed by atoms with van der Waals surface area (Å²) in [6.45, 7) is 2.60. The van der Waals surface area contributed by atoms with E-state index in [0.29, 0.717) is 42.6 Å². The summed E-state index contributed by atoms with van der Waals surface area (Å²) in [5.41, 5.74) is -3.70. The summed E-state index contributed by atoms with van der Waals surface area (Å²) < 4.78 is 78.5. The zero-order valence-corrected chi connectivity index (χ0v) is 20.7. The van der Waals surface area contributed by atoms with Crippen LogP contribution in [-0.4, -0.2) is 48.0 Å². The average molecular weight is 544 g/mol. The standard InChI is InChI=1S/C27H31F6N3O2/c28-26(29,30)25(38,27(31,32)33)22-7-3-21(4-8-22)17-36-13-11-19(12-14-36)15-18-5-9-23(10-6-18)35-24(37)34-16-20-1-2-20/h3-10,19-20,38H,1-2,11-17H2,(H2,34,35,37). The Balaban J connectivity index is 1.24. The van der Waals surface area contributed by atoms with E-state index < -0.39 is 23.5 Å². The molecular formula is C27H31F6N3O2. The van der Waals surface area contributed by atoms with Gasteiger partial charge in [0.1, 0.15) is 0 Å². The Hall–Kier alpha value is -2.79. The number of amides is 2. The van der Waals surface area contributed by atoms with Crippen molar-refractivity contribution >= 4 is 11.7 Å². The number of aliphatic hydroxyl groups is 1. The van der Waals surface area contributed by atoms with Crippen molar-refractivity contribution in [3.8, 4) is 0 Å². The first-order valence-electron chi connectivity index (χ1n) is 12.7. The van der Waals surface area contributed by atoms with Crippen LogP contribution in [0.3, 0.4) is 0 Å². The molecule has 2 aliphatic rings. The lowest BCUT2D eigenvalue weighted by atomic mass is 9.89. The maximum Gasteiger partial charge on any atom is 0.430 e. The number of halogens is 6. The normalized spacial score (nSPS) is 17.9. The Kier molecular flexibility index (Phi) is 8.27. The second-order valence-corrected chi connectivity index (χ2v) is 10.3. The Bertz CT molecular complexity index is 1060. The minimum Gasteiger partial charge on any atom is -0.369 e. The quantitative estimate of drug-likeness (QED) is 0.359. The van der Waals surface area contributed by atoms with Crippen LogP contribution in [0, 0.1) is 11.8 Å². The number of carbonyl (C=O) groups is 1. The SMILES string of the molecule is O=C(NCC1CC1)Nc1ccc(CC2CCN(Cc3ccc(C(O)(C(F)(F)F)C(F)(F)F)cc3)CC2)cc1. The first-order valence-corrected chi connectivity index (χ1v) is 12.7. The average Bonchev–Trinajstić information content (AvgIpc) is 3.68. The van der Waals surface area contributed by atoms with Gasteiger partial charge >= 0.3 is 18.4 Å². The zero-order chi connectivity index (χ0) is 27.6. The third-order valence-corrected chi connectivity index (χ3v) is 7.29. The van der Waals surface area contributed by atoms with Crippen LogP contribution in [0.4, 0.5) is 36.8 Å². The van der Waals surface area contributed by atoms with E-state index in [1.165, 1.54) is 25.0 Å².